The molecule has 0 aliphatic carbocycles. The van der Waals surface area contributed by atoms with E-state index in [1.165, 1.54) is 17.2 Å². The van der Waals surface area contributed by atoms with Gasteiger partial charge < -0.3 is 16.0 Å². The smallest absolute Gasteiger partial charge is 0.193 e. The normalized spacial score (nSPS) is 14.8. The lowest BCUT2D eigenvalue weighted by Gasteiger charge is -2.28. The van der Waals surface area contributed by atoms with Crippen LogP contribution in [0.3, 0.4) is 0 Å². The average Bonchev–Trinajstić information content (AvgIpc) is 2.62. The first-order valence-electron chi connectivity index (χ1n) is 7.85. The van der Waals surface area contributed by atoms with Gasteiger partial charge in [0.1, 0.15) is 0 Å². The monoisotopic (exact) mass is 454 g/mol. The number of para-hydroxylation sites is 1. The topological polar surface area (TPSA) is 53.6 Å². The summed E-state index contributed by atoms with van der Waals surface area (Å²) >= 11 is 2.03. The van der Waals surface area contributed by atoms with Crippen molar-refractivity contribution in [2.75, 3.05) is 34.8 Å². The van der Waals surface area contributed by atoms with E-state index >= 15 is 0 Å². The zero-order valence-corrected chi connectivity index (χ0v) is 16.7. The van der Waals surface area contributed by atoms with Gasteiger partial charge in [-0.2, -0.15) is 11.8 Å². The number of hydrogen-bond acceptors (Lipinski definition) is 3. The molecule has 0 aromatic heterocycles. The number of anilines is 2. The SMILES string of the molecule is I.NC(=NCc1ccc(N2CCSCC2)cc1)Nc1ccccc1. The molecule has 24 heavy (non-hydrogen) atoms. The van der Waals surface area contributed by atoms with E-state index in [1.54, 1.807) is 0 Å². The highest BCUT2D eigenvalue weighted by Gasteiger charge is 2.10. The van der Waals surface area contributed by atoms with E-state index < -0.39 is 0 Å². The van der Waals surface area contributed by atoms with Gasteiger partial charge in [-0.1, -0.05) is 30.3 Å². The fraction of sp³-hybridized carbons (Fsp3) is 0.278. The van der Waals surface area contributed by atoms with Crippen LogP contribution >= 0.6 is 35.7 Å². The summed E-state index contributed by atoms with van der Waals surface area (Å²) < 4.78 is 0. The third-order valence-corrected chi connectivity index (χ3v) is 4.73. The Labute approximate surface area is 164 Å². The van der Waals surface area contributed by atoms with E-state index in [4.69, 9.17) is 5.73 Å². The molecule has 4 nitrogen and oxygen atoms in total. The molecule has 0 unspecified atom stereocenters. The van der Waals surface area contributed by atoms with Crippen molar-refractivity contribution < 1.29 is 0 Å². The molecule has 1 aliphatic heterocycles. The number of benzene rings is 2. The van der Waals surface area contributed by atoms with Gasteiger partial charge in [0.2, 0.25) is 0 Å². The minimum Gasteiger partial charge on any atom is -0.370 e. The van der Waals surface area contributed by atoms with E-state index in [9.17, 15) is 0 Å². The van der Waals surface area contributed by atoms with E-state index in [0.717, 1.165) is 24.3 Å². The molecule has 1 saturated heterocycles. The zero-order chi connectivity index (χ0) is 15.9. The van der Waals surface area contributed by atoms with Crippen molar-refractivity contribution in [3.05, 3.63) is 60.2 Å². The van der Waals surface area contributed by atoms with Gasteiger partial charge in [0.05, 0.1) is 6.54 Å². The second kappa shape index (κ2) is 9.78. The van der Waals surface area contributed by atoms with E-state index in [0.29, 0.717) is 12.5 Å². The highest BCUT2D eigenvalue weighted by Crippen LogP contribution is 2.20. The maximum Gasteiger partial charge on any atom is 0.193 e. The van der Waals surface area contributed by atoms with Crippen LogP contribution in [0.2, 0.25) is 0 Å². The van der Waals surface area contributed by atoms with Crippen LogP contribution in [0.5, 0.6) is 0 Å². The molecule has 2 aromatic rings. The first-order valence-corrected chi connectivity index (χ1v) is 9.00. The van der Waals surface area contributed by atoms with Gasteiger partial charge in [-0.15, -0.1) is 24.0 Å². The predicted octanol–water partition coefficient (Wildman–Crippen LogP) is 3.78. The number of nitrogens with zero attached hydrogens (tertiary/aromatic N) is 2. The van der Waals surface area contributed by atoms with E-state index in [-0.39, 0.29) is 24.0 Å². The summed E-state index contributed by atoms with van der Waals surface area (Å²) in [7, 11) is 0. The van der Waals surface area contributed by atoms with Crippen LogP contribution in [0.25, 0.3) is 0 Å². The van der Waals surface area contributed by atoms with Crippen LogP contribution in [0.15, 0.2) is 59.6 Å². The Morgan fingerprint density at radius 1 is 1.04 bits per heavy atom. The average molecular weight is 454 g/mol. The summed E-state index contributed by atoms with van der Waals surface area (Å²) in [6.45, 7) is 2.86. The van der Waals surface area contributed by atoms with Crippen LogP contribution in [-0.4, -0.2) is 30.6 Å². The summed E-state index contributed by atoms with van der Waals surface area (Å²) in [5, 5.41) is 3.09. The van der Waals surface area contributed by atoms with Gasteiger partial charge >= 0.3 is 0 Å². The number of thioether (sulfide) groups is 1. The summed E-state index contributed by atoms with van der Waals surface area (Å²) in [5.41, 5.74) is 9.34. The summed E-state index contributed by atoms with van der Waals surface area (Å²) in [6, 6.07) is 18.5. The molecule has 0 atom stereocenters. The van der Waals surface area contributed by atoms with Crippen molar-refractivity contribution in [1.82, 2.24) is 0 Å². The minimum atomic E-state index is 0. The first kappa shape index (κ1) is 18.9. The quantitative estimate of drug-likeness (QED) is 0.420. The Morgan fingerprint density at radius 3 is 2.38 bits per heavy atom. The van der Waals surface area contributed by atoms with E-state index in [1.807, 2.05) is 42.1 Å². The van der Waals surface area contributed by atoms with Gasteiger partial charge in [0.25, 0.3) is 0 Å². The van der Waals surface area contributed by atoms with Crippen LogP contribution in [0.4, 0.5) is 11.4 Å². The van der Waals surface area contributed by atoms with Gasteiger partial charge in [-0.3, -0.25) is 0 Å². The maximum absolute atomic E-state index is 5.93. The number of guanidine groups is 1. The van der Waals surface area contributed by atoms with Crippen molar-refractivity contribution >= 4 is 53.1 Å². The molecule has 2 aromatic carbocycles. The first-order chi connectivity index (χ1) is 11.3. The lowest BCUT2D eigenvalue weighted by Crippen LogP contribution is -2.32. The molecule has 1 fully saturated rings. The fourth-order valence-electron chi connectivity index (χ4n) is 2.52. The van der Waals surface area contributed by atoms with Crippen molar-refractivity contribution in [1.29, 1.82) is 0 Å². The van der Waals surface area contributed by atoms with Gasteiger partial charge in [-0.05, 0) is 29.8 Å². The molecule has 1 heterocycles. The number of nitrogens with one attached hydrogen (secondary N) is 1. The molecule has 6 heteroatoms. The van der Waals surface area contributed by atoms with Crippen LogP contribution in [0.1, 0.15) is 5.56 Å². The van der Waals surface area contributed by atoms with Crippen molar-refractivity contribution in [3.8, 4) is 0 Å². The van der Waals surface area contributed by atoms with Crippen molar-refractivity contribution in [2.45, 2.75) is 6.54 Å². The Kier molecular flexibility index (Phi) is 7.71. The third-order valence-electron chi connectivity index (χ3n) is 3.79. The second-order valence-corrected chi connectivity index (χ2v) is 6.68. The molecular weight excluding hydrogens is 431 g/mol. The predicted molar refractivity (Wildman–Crippen MR) is 117 cm³/mol. The minimum absolute atomic E-state index is 0. The standard InChI is InChI=1S/C18H22N4S.HI/c19-18(21-16-4-2-1-3-5-16)20-14-15-6-8-17(9-7-15)22-10-12-23-13-11-22;/h1-9H,10-14H2,(H3,19,20,21);1H. The van der Waals surface area contributed by atoms with Crippen molar-refractivity contribution in [3.63, 3.8) is 0 Å². The number of rotatable bonds is 4. The Morgan fingerprint density at radius 2 is 1.71 bits per heavy atom. The molecule has 0 amide bonds. The summed E-state index contributed by atoms with van der Waals surface area (Å²) in [6.07, 6.45) is 0. The fourth-order valence-corrected chi connectivity index (χ4v) is 3.42. The Balaban J connectivity index is 0.00000208. The second-order valence-electron chi connectivity index (χ2n) is 5.46. The molecule has 128 valence electrons. The van der Waals surface area contributed by atoms with Crippen LogP contribution < -0.4 is 16.0 Å². The molecule has 1 aliphatic rings. The van der Waals surface area contributed by atoms with Gasteiger partial charge in [0, 0.05) is 36.0 Å². The number of nitrogens with two attached hydrogens (primary N) is 1. The Hall–Kier alpha value is -1.41. The highest BCUT2D eigenvalue weighted by molar-refractivity contribution is 14.0. The molecule has 0 saturated carbocycles. The zero-order valence-electron chi connectivity index (χ0n) is 13.5. The third kappa shape index (κ3) is 5.59. The molecular formula is C18H23IN4S. The number of halogens is 1. The molecule has 0 bridgehead atoms. The number of hydrogen-bond donors (Lipinski definition) is 2. The highest BCUT2D eigenvalue weighted by atomic mass is 127. The van der Waals surface area contributed by atoms with Crippen LogP contribution in [-0.2, 0) is 6.54 Å². The maximum atomic E-state index is 5.93. The largest absolute Gasteiger partial charge is 0.370 e. The molecule has 3 N–H and O–H groups in total. The molecule has 0 spiro atoms. The number of aliphatic imine (C=N–C) groups is 1. The van der Waals surface area contributed by atoms with Gasteiger partial charge in [-0.25, -0.2) is 4.99 Å². The van der Waals surface area contributed by atoms with Crippen LogP contribution in [0, 0.1) is 0 Å². The summed E-state index contributed by atoms with van der Waals surface area (Å²) in [5.74, 6) is 2.87. The molecule has 3 rings (SSSR count). The van der Waals surface area contributed by atoms with E-state index in [2.05, 4.69) is 39.5 Å². The Bertz CT molecular complexity index is 640. The lowest BCUT2D eigenvalue weighted by atomic mass is 10.2. The van der Waals surface area contributed by atoms with Gasteiger partial charge in [0.15, 0.2) is 5.96 Å². The van der Waals surface area contributed by atoms with Crippen molar-refractivity contribution in [2.24, 2.45) is 10.7 Å². The summed E-state index contributed by atoms with van der Waals surface area (Å²) in [4.78, 5) is 6.84. The molecule has 0 radical (unpaired) electrons. The lowest BCUT2D eigenvalue weighted by molar-refractivity contribution is 0.858.